The van der Waals surface area contributed by atoms with Gasteiger partial charge in [0.2, 0.25) is 0 Å². The van der Waals surface area contributed by atoms with Gasteiger partial charge in [-0.15, -0.1) is 0 Å². The van der Waals surface area contributed by atoms with Crippen molar-refractivity contribution in [3.8, 4) is 0 Å². The Morgan fingerprint density at radius 3 is 2.42 bits per heavy atom. The van der Waals surface area contributed by atoms with Gasteiger partial charge in [-0.3, -0.25) is 0 Å². The SMILES string of the molecule is Cc1c(F)cc(F)cc1C(C)O. The Morgan fingerprint density at radius 1 is 1.33 bits per heavy atom. The Balaban J connectivity index is 3.28. The van der Waals surface area contributed by atoms with Crippen molar-refractivity contribution in [2.24, 2.45) is 0 Å². The van der Waals surface area contributed by atoms with Crippen molar-refractivity contribution in [2.45, 2.75) is 20.0 Å². The van der Waals surface area contributed by atoms with Gasteiger partial charge in [-0.05, 0) is 31.0 Å². The van der Waals surface area contributed by atoms with Gasteiger partial charge >= 0.3 is 0 Å². The van der Waals surface area contributed by atoms with Crippen LogP contribution in [0.2, 0.25) is 0 Å². The maximum atomic E-state index is 12.8. The maximum absolute atomic E-state index is 12.8. The van der Waals surface area contributed by atoms with Gasteiger partial charge in [-0.2, -0.15) is 0 Å². The minimum Gasteiger partial charge on any atom is -0.389 e. The summed E-state index contributed by atoms with van der Waals surface area (Å²) in [5, 5.41) is 9.12. The van der Waals surface area contributed by atoms with Crippen LogP contribution >= 0.6 is 0 Å². The van der Waals surface area contributed by atoms with Crippen molar-refractivity contribution in [1.82, 2.24) is 0 Å². The first-order chi connectivity index (χ1) is 5.52. The molecule has 1 N–H and O–H groups in total. The summed E-state index contributed by atoms with van der Waals surface area (Å²) in [6, 6.07) is 1.95. The molecule has 1 rings (SSSR count). The van der Waals surface area contributed by atoms with E-state index in [0.29, 0.717) is 11.1 Å². The average Bonchev–Trinajstić information content (AvgIpc) is 1.96. The molecule has 0 aliphatic heterocycles. The molecule has 1 atom stereocenters. The Bertz CT molecular complexity index is 295. The van der Waals surface area contributed by atoms with Gasteiger partial charge in [0, 0.05) is 6.07 Å². The first kappa shape index (κ1) is 9.13. The van der Waals surface area contributed by atoms with E-state index in [2.05, 4.69) is 0 Å². The summed E-state index contributed by atoms with van der Waals surface area (Å²) in [6.07, 6.45) is -0.838. The average molecular weight is 172 g/mol. The molecule has 0 aliphatic carbocycles. The lowest BCUT2D eigenvalue weighted by molar-refractivity contribution is 0.197. The summed E-state index contributed by atoms with van der Waals surface area (Å²) in [5.41, 5.74) is 0.596. The summed E-state index contributed by atoms with van der Waals surface area (Å²) in [7, 11) is 0. The molecule has 0 amide bonds. The molecule has 12 heavy (non-hydrogen) atoms. The lowest BCUT2D eigenvalue weighted by atomic mass is 10.0. The minimum absolute atomic E-state index is 0.298. The van der Waals surface area contributed by atoms with Crippen molar-refractivity contribution < 1.29 is 13.9 Å². The maximum Gasteiger partial charge on any atom is 0.129 e. The van der Waals surface area contributed by atoms with E-state index in [0.717, 1.165) is 12.1 Å². The second-order valence-electron chi connectivity index (χ2n) is 2.78. The Morgan fingerprint density at radius 2 is 1.92 bits per heavy atom. The fourth-order valence-electron chi connectivity index (χ4n) is 1.10. The quantitative estimate of drug-likeness (QED) is 0.689. The normalized spacial score (nSPS) is 13.1. The Kier molecular flexibility index (Phi) is 2.43. The Hall–Kier alpha value is -0.960. The second-order valence-corrected chi connectivity index (χ2v) is 2.78. The van der Waals surface area contributed by atoms with Gasteiger partial charge in [-0.1, -0.05) is 0 Å². The molecule has 0 saturated carbocycles. The van der Waals surface area contributed by atoms with Crippen LogP contribution in [0.15, 0.2) is 12.1 Å². The summed E-state index contributed by atoms with van der Waals surface area (Å²) in [6.45, 7) is 2.98. The minimum atomic E-state index is -0.838. The highest BCUT2D eigenvalue weighted by Gasteiger charge is 2.10. The standard InChI is InChI=1S/C9H10F2O/c1-5-8(6(2)12)3-7(10)4-9(5)11/h3-4,6,12H,1-2H3. The summed E-state index contributed by atoms with van der Waals surface area (Å²) in [5.74, 6) is -1.28. The molecule has 3 heteroatoms. The number of aliphatic hydroxyl groups excluding tert-OH is 1. The number of rotatable bonds is 1. The largest absolute Gasteiger partial charge is 0.389 e. The van der Waals surface area contributed by atoms with Crippen LogP contribution < -0.4 is 0 Å². The van der Waals surface area contributed by atoms with Crippen molar-refractivity contribution in [2.75, 3.05) is 0 Å². The van der Waals surface area contributed by atoms with E-state index in [1.807, 2.05) is 0 Å². The van der Waals surface area contributed by atoms with Gasteiger partial charge in [0.15, 0.2) is 0 Å². The van der Waals surface area contributed by atoms with Crippen LogP contribution in [0.4, 0.5) is 8.78 Å². The third-order valence-electron chi connectivity index (χ3n) is 1.80. The van der Waals surface area contributed by atoms with E-state index in [-0.39, 0.29) is 0 Å². The highest BCUT2D eigenvalue weighted by molar-refractivity contribution is 5.29. The lowest BCUT2D eigenvalue weighted by Crippen LogP contribution is -1.98. The molecule has 0 bridgehead atoms. The summed E-state index contributed by atoms with van der Waals surface area (Å²) in [4.78, 5) is 0. The van der Waals surface area contributed by atoms with Gasteiger partial charge in [-0.25, -0.2) is 8.78 Å². The smallest absolute Gasteiger partial charge is 0.129 e. The number of hydrogen-bond donors (Lipinski definition) is 1. The number of halogens is 2. The summed E-state index contributed by atoms with van der Waals surface area (Å²) >= 11 is 0. The predicted molar refractivity (Wildman–Crippen MR) is 41.7 cm³/mol. The van der Waals surface area contributed by atoms with Gasteiger partial charge in [0.25, 0.3) is 0 Å². The number of aliphatic hydroxyl groups is 1. The number of benzene rings is 1. The highest BCUT2D eigenvalue weighted by atomic mass is 19.1. The molecule has 0 heterocycles. The third-order valence-corrected chi connectivity index (χ3v) is 1.80. The van der Waals surface area contributed by atoms with Gasteiger partial charge in [0.05, 0.1) is 6.10 Å². The van der Waals surface area contributed by atoms with Gasteiger partial charge in [0.1, 0.15) is 11.6 Å². The van der Waals surface area contributed by atoms with E-state index in [4.69, 9.17) is 5.11 Å². The molecule has 0 aromatic heterocycles. The van der Waals surface area contributed by atoms with Crippen LogP contribution in [-0.2, 0) is 0 Å². The fourth-order valence-corrected chi connectivity index (χ4v) is 1.10. The van der Waals surface area contributed by atoms with Crippen LogP contribution in [0.3, 0.4) is 0 Å². The molecule has 0 radical (unpaired) electrons. The topological polar surface area (TPSA) is 20.2 Å². The fraction of sp³-hybridized carbons (Fsp3) is 0.333. The zero-order valence-corrected chi connectivity index (χ0v) is 6.94. The van der Waals surface area contributed by atoms with Crippen LogP contribution in [-0.4, -0.2) is 5.11 Å². The van der Waals surface area contributed by atoms with Crippen molar-refractivity contribution >= 4 is 0 Å². The van der Waals surface area contributed by atoms with E-state index in [1.165, 1.54) is 13.8 Å². The van der Waals surface area contributed by atoms with Crippen molar-refractivity contribution in [3.05, 3.63) is 34.9 Å². The first-order valence-corrected chi connectivity index (χ1v) is 3.66. The highest BCUT2D eigenvalue weighted by Crippen LogP contribution is 2.20. The molecule has 0 aliphatic rings. The zero-order chi connectivity index (χ0) is 9.30. The molecule has 1 nitrogen and oxygen atoms in total. The van der Waals surface area contributed by atoms with Crippen LogP contribution in [0.5, 0.6) is 0 Å². The molecular formula is C9H10F2O. The van der Waals surface area contributed by atoms with E-state index in [9.17, 15) is 8.78 Å². The molecule has 66 valence electrons. The van der Waals surface area contributed by atoms with Crippen molar-refractivity contribution in [1.29, 1.82) is 0 Å². The van der Waals surface area contributed by atoms with E-state index in [1.54, 1.807) is 0 Å². The van der Waals surface area contributed by atoms with E-state index < -0.39 is 17.7 Å². The lowest BCUT2D eigenvalue weighted by Gasteiger charge is -2.09. The molecule has 0 saturated heterocycles. The Labute approximate surface area is 69.7 Å². The predicted octanol–water partition coefficient (Wildman–Crippen LogP) is 2.33. The molecule has 0 spiro atoms. The third kappa shape index (κ3) is 1.61. The molecular weight excluding hydrogens is 162 g/mol. The molecule has 1 aromatic carbocycles. The molecule has 1 aromatic rings. The van der Waals surface area contributed by atoms with Crippen LogP contribution in [0, 0.1) is 18.6 Å². The molecule has 1 unspecified atom stereocenters. The van der Waals surface area contributed by atoms with Gasteiger partial charge < -0.3 is 5.11 Å². The number of hydrogen-bond acceptors (Lipinski definition) is 1. The van der Waals surface area contributed by atoms with Crippen LogP contribution in [0.25, 0.3) is 0 Å². The monoisotopic (exact) mass is 172 g/mol. The zero-order valence-electron chi connectivity index (χ0n) is 6.94. The first-order valence-electron chi connectivity index (χ1n) is 3.66. The molecule has 0 fully saturated rings. The van der Waals surface area contributed by atoms with Crippen molar-refractivity contribution in [3.63, 3.8) is 0 Å². The van der Waals surface area contributed by atoms with E-state index >= 15 is 0 Å². The van der Waals surface area contributed by atoms with Crippen LogP contribution in [0.1, 0.15) is 24.2 Å². The summed E-state index contributed by atoms with van der Waals surface area (Å²) < 4.78 is 25.5. The second kappa shape index (κ2) is 3.19.